The lowest BCUT2D eigenvalue weighted by Crippen LogP contribution is -2.22. The number of hydrogen-bond acceptors (Lipinski definition) is 2. The number of nitrogens with one attached hydrogen (secondary N) is 1. The fraction of sp³-hybridized carbons (Fsp3) is 0.100. The number of carbonyl (C=O) groups excluding carboxylic acids is 1. The van der Waals surface area contributed by atoms with Crippen LogP contribution in [0.2, 0.25) is 0 Å². The van der Waals surface area contributed by atoms with Gasteiger partial charge in [0.25, 0.3) is 11.5 Å². The van der Waals surface area contributed by atoms with Gasteiger partial charge in [-0.05, 0) is 35.4 Å². The maximum Gasteiger partial charge on any atom is 0.251 e. The van der Waals surface area contributed by atoms with Gasteiger partial charge in [-0.1, -0.05) is 52.3 Å². The molecule has 3 rings (SSSR count). The molecule has 0 aliphatic heterocycles. The molecule has 1 N–H and O–H groups in total. The zero-order valence-electron chi connectivity index (χ0n) is 13.5. The molecule has 0 saturated carbocycles. The predicted molar refractivity (Wildman–Crippen MR) is 102 cm³/mol. The number of nitrogens with zero attached hydrogens (tertiary/aromatic N) is 1. The van der Waals surface area contributed by atoms with Gasteiger partial charge < -0.3 is 9.88 Å². The van der Waals surface area contributed by atoms with Crippen molar-refractivity contribution in [2.75, 3.05) is 0 Å². The van der Waals surface area contributed by atoms with E-state index in [9.17, 15) is 9.59 Å². The minimum atomic E-state index is -0.110. The summed E-state index contributed by atoms with van der Waals surface area (Å²) in [6.07, 6.45) is 1.77. The third-order valence-electron chi connectivity index (χ3n) is 3.81. The number of halogens is 1. The highest BCUT2D eigenvalue weighted by atomic mass is 79.9. The molecule has 0 saturated heterocycles. The first-order chi connectivity index (χ1) is 12.1. The van der Waals surface area contributed by atoms with Crippen molar-refractivity contribution in [2.24, 2.45) is 0 Å². The molecular formula is C20H17BrN2O2. The molecule has 0 bridgehead atoms. The second-order valence-electron chi connectivity index (χ2n) is 5.68. The Hall–Kier alpha value is -2.66. The SMILES string of the molecule is O=C(NCc1ccc(Cn2ccccc2=O)cc1)c1cccc(Br)c1. The molecule has 2 aromatic carbocycles. The minimum absolute atomic E-state index is 0.0205. The lowest BCUT2D eigenvalue weighted by molar-refractivity contribution is 0.0951. The van der Waals surface area contributed by atoms with Gasteiger partial charge >= 0.3 is 0 Å². The number of hydrogen-bond donors (Lipinski definition) is 1. The maximum absolute atomic E-state index is 12.1. The summed E-state index contributed by atoms with van der Waals surface area (Å²) in [7, 11) is 0. The van der Waals surface area contributed by atoms with Crippen molar-refractivity contribution < 1.29 is 4.79 Å². The first-order valence-electron chi connectivity index (χ1n) is 7.89. The van der Waals surface area contributed by atoms with E-state index in [0.29, 0.717) is 18.7 Å². The Morgan fingerprint density at radius 3 is 2.44 bits per heavy atom. The van der Waals surface area contributed by atoms with Crippen LogP contribution in [-0.4, -0.2) is 10.5 Å². The molecule has 25 heavy (non-hydrogen) atoms. The van der Waals surface area contributed by atoms with Crippen LogP contribution >= 0.6 is 15.9 Å². The third kappa shape index (κ3) is 4.67. The largest absolute Gasteiger partial charge is 0.348 e. The molecule has 0 radical (unpaired) electrons. The van der Waals surface area contributed by atoms with Crippen LogP contribution in [0.5, 0.6) is 0 Å². The van der Waals surface area contributed by atoms with Crippen LogP contribution < -0.4 is 10.9 Å². The summed E-state index contributed by atoms with van der Waals surface area (Å²) >= 11 is 3.36. The summed E-state index contributed by atoms with van der Waals surface area (Å²) in [5, 5.41) is 2.91. The molecule has 0 spiro atoms. The van der Waals surface area contributed by atoms with E-state index in [1.54, 1.807) is 35.0 Å². The summed E-state index contributed by atoms with van der Waals surface area (Å²) in [6.45, 7) is 0.987. The maximum atomic E-state index is 12.1. The molecule has 1 heterocycles. The summed E-state index contributed by atoms with van der Waals surface area (Å²) in [5.74, 6) is -0.110. The fourth-order valence-electron chi connectivity index (χ4n) is 2.46. The van der Waals surface area contributed by atoms with E-state index in [1.807, 2.05) is 42.5 Å². The molecule has 0 unspecified atom stereocenters. The van der Waals surface area contributed by atoms with E-state index in [1.165, 1.54) is 0 Å². The Morgan fingerprint density at radius 1 is 0.960 bits per heavy atom. The van der Waals surface area contributed by atoms with Gasteiger partial charge in [-0.25, -0.2) is 0 Å². The molecule has 1 amide bonds. The lowest BCUT2D eigenvalue weighted by atomic mass is 10.1. The van der Waals surface area contributed by atoms with Gasteiger partial charge in [0.05, 0.1) is 6.54 Å². The lowest BCUT2D eigenvalue weighted by Gasteiger charge is -2.08. The second-order valence-corrected chi connectivity index (χ2v) is 6.59. The van der Waals surface area contributed by atoms with Gasteiger partial charge in [0.1, 0.15) is 0 Å². The summed E-state index contributed by atoms with van der Waals surface area (Å²) in [6, 6.07) is 20.3. The topological polar surface area (TPSA) is 51.1 Å². The van der Waals surface area contributed by atoms with Gasteiger partial charge in [0.15, 0.2) is 0 Å². The molecule has 0 fully saturated rings. The van der Waals surface area contributed by atoms with Crippen molar-refractivity contribution in [3.8, 4) is 0 Å². The Labute approximate surface area is 154 Å². The molecule has 0 aliphatic rings. The predicted octanol–water partition coefficient (Wildman–Crippen LogP) is 3.59. The molecule has 5 heteroatoms. The van der Waals surface area contributed by atoms with Crippen LogP contribution in [0.15, 0.2) is 82.2 Å². The average molecular weight is 397 g/mol. The normalized spacial score (nSPS) is 10.4. The Kier molecular flexibility index (Phi) is 5.46. The van der Waals surface area contributed by atoms with Gasteiger partial charge in [0, 0.05) is 28.8 Å². The van der Waals surface area contributed by atoms with E-state index >= 15 is 0 Å². The van der Waals surface area contributed by atoms with Crippen LogP contribution in [0.25, 0.3) is 0 Å². The van der Waals surface area contributed by atoms with Crippen LogP contribution in [0.1, 0.15) is 21.5 Å². The smallest absolute Gasteiger partial charge is 0.251 e. The van der Waals surface area contributed by atoms with Crippen molar-refractivity contribution in [1.82, 2.24) is 9.88 Å². The fourth-order valence-corrected chi connectivity index (χ4v) is 2.86. The van der Waals surface area contributed by atoms with E-state index in [-0.39, 0.29) is 11.5 Å². The van der Waals surface area contributed by atoms with Crippen molar-refractivity contribution in [2.45, 2.75) is 13.1 Å². The van der Waals surface area contributed by atoms with E-state index in [2.05, 4.69) is 21.2 Å². The van der Waals surface area contributed by atoms with E-state index in [4.69, 9.17) is 0 Å². The quantitative estimate of drug-likeness (QED) is 0.716. The molecule has 0 atom stereocenters. The monoisotopic (exact) mass is 396 g/mol. The Bertz CT molecular complexity index is 933. The van der Waals surface area contributed by atoms with E-state index < -0.39 is 0 Å². The van der Waals surface area contributed by atoms with Gasteiger partial charge in [-0.2, -0.15) is 0 Å². The number of amides is 1. The van der Waals surface area contributed by atoms with Gasteiger partial charge in [-0.15, -0.1) is 0 Å². The van der Waals surface area contributed by atoms with Crippen molar-refractivity contribution in [1.29, 1.82) is 0 Å². The second kappa shape index (κ2) is 7.94. The Morgan fingerprint density at radius 2 is 1.72 bits per heavy atom. The van der Waals surface area contributed by atoms with Crippen LogP contribution in [0.3, 0.4) is 0 Å². The molecule has 126 valence electrons. The number of aromatic nitrogens is 1. The average Bonchev–Trinajstić information content (AvgIpc) is 2.63. The molecule has 3 aromatic rings. The number of benzene rings is 2. The van der Waals surface area contributed by atoms with Gasteiger partial charge in [0.2, 0.25) is 0 Å². The highest BCUT2D eigenvalue weighted by Gasteiger charge is 2.05. The summed E-state index contributed by atoms with van der Waals surface area (Å²) in [4.78, 5) is 23.9. The standard InChI is InChI=1S/C20H17BrN2O2/c21-18-5-3-4-17(12-18)20(25)22-13-15-7-9-16(10-8-15)14-23-11-2-1-6-19(23)24/h1-12H,13-14H2,(H,22,25). The molecule has 1 aromatic heterocycles. The van der Waals surface area contributed by atoms with E-state index in [0.717, 1.165) is 15.6 Å². The number of rotatable bonds is 5. The van der Waals surface area contributed by atoms with Crippen molar-refractivity contribution in [3.05, 3.63) is 104 Å². The third-order valence-corrected chi connectivity index (χ3v) is 4.31. The first-order valence-corrected chi connectivity index (χ1v) is 8.68. The van der Waals surface area contributed by atoms with Crippen molar-refractivity contribution >= 4 is 21.8 Å². The van der Waals surface area contributed by atoms with Crippen LogP contribution in [-0.2, 0) is 13.1 Å². The number of carbonyl (C=O) groups is 1. The van der Waals surface area contributed by atoms with Gasteiger partial charge in [-0.3, -0.25) is 9.59 Å². The molecular weight excluding hydrogens is 380 g/mol. The molecule has 0 aliphatic carbocycles. The zero-order valence-corrected chi connectivity index (χ0v) is 15.1. The highest BCUT2D eigenvalue weighted by Crippen LogP contribution is 2.12. The first kappa shape index (κ1) is 17.2. The van der Waals surface area contributed by atoms with Crippen molar-refractivity contribution in [3.63, 3.8) is 0 Å². The highest BCUT2D eigenvalue weighted by molar-refractivity contribution is 9.10. The zero-order chi connectivity index (χ0) is 17.6. The Balaban J connectivity index is 1.60. The summed E-state index contributed by atoms with van der Waals surface area (Å²) < 4.78 is 2.53. The minimum Gasteiger partial charge on any atom is -0.348 e. The number of pyridine rings is 1. The van der Waals surface area contributed by atoms with Crippen LogP contribution in [0.4, 0.5) is 0 Å². The summed E-state index contributed by atoms with van der Waals surface area (Å²) in [5.41, 5.74) is 2.64. The molecule has 4 nitrogen and oxygen atoms in total. The van der Waals surface area contributed by atoms with Crippen LogP contribution in [0, 0.1) is 0 Å².